The van der Waals surface area contributed by atoms with Gasteiger partial charge in [-0.3, -0.25) is 9.89 Å². The molecule has 0 bridgehead atoms. The topological polar surface area (TPSA) is 30.9 Å². The van der Waals surface area contributed by atoms with Gasteiger partial charge in [0.2, 0.25) is 0 Å². The number of hydrogen-bond donors (Lipinski definition) is 1. The van der Waals surface area contributed by atoms with E-state index in [0.29, 0.717) is 26.2 Å². The Kier molecular flexibility index (Phi) is 9.59. The summed E-state index contributed by atoms with van der Waals surface area (Å²) in [5, 5.41) is 3.20. The van der Waals surface area contributed by atoms with Crippen LogP contribution in [0.25, 0.3) is 0 Å². The summed E-state index contributed by atoms with van der Waals surface area (Å²) in [6, 6.07) is -1.38. The summed E-state index contributed by atoms with van der Waals surface area (Å²) in [5.74, 6) is 0.814. The van der Waals surface area contributed by atoms with Crippen LogP contribution in [0.2, 0.25) is 0 Å². The van der Waals surface area contributed by atoms with E-state index in [0.717, 1.165) is 25.5 Å². The molecule has 1 rings (SSSR count). The standard InChI is InChI=1S/C13H25F3N4.HI/c1-4-6-18-12(17-5-2)20-9-7-19(8-10-20)11(3)13(14,15)16;/h11H,4-10H2,1-3H3,(H,17,18);1H. The molecule has 0 aromatic rings. The van der Waals surface area contributed by atoms with Gasteiger partial charge in [-0.25, -0.2) is 0 Å². The van der Waals surface area contributed by atoms with Crippen molar-refractivity contribution in [2.45, 2.75) is 39.4 Å². The van der Waals surface area contributed by atoms with E-state index in [1.807, 2.05) is 11.8 Å². The Morgan fingerprint density at radius 3 is 2.19 bits per heavy atom. The highest BCUT2D eigenvalue weighted by molar-refractivity contribution is 14.0. The lowest BCUT2D eigenvalue weighted by Crippen LogP contribution is -2.56. The highest BCUT2D eigenvalue weighted by Gasteiger charge is 2.40. The summed E-state index contributed by atoms with van der Waals surface area (Å²) >= 11 is 0. The third-order valence-electron chi connectivity index (χ3n) is 3.46. The summed E-state index contributed by atoms with van der Waals surface area (Å²) in [5.41, 5.74) is 0. The van der Waals surface area contributed by atoms with Crippen molar-refractivity contribution in [3.05, 3.63) is 0 Å². The number of rotatable bonds is 4. The Hall–Kier alpha value is -0.250. The van der Waals surface area contributed by atoms with Gasteiger partial charge in [-0.1, -0.05) is 6.92 Å². The summed E-state index contributed by atoms with van der Waals surface area (Å²) in [6.45, 7) is 8.76. The maximum Gasteiger partial charge on any atom is 0.403 e. The molecule has 0 aliphatic carbocycles. The fourth-order valence-electron chi connectivity index (χ4n) is 2.17. The van der Waals surface area contributed by atoms with E-state index in [1.165, 1.54) is 11.8 Å². The first kappa shape index (κ1) is 20.8. The van der Waals surface area contributed by atoms with Crippen molar-refractivity contribution in [2.24, 2.45) is 4.99 Å². The van der Waals surface area contributed by atoms with Gasteiger partial charge >= 0.3 is 6.18 Å². The van der Waals surface area contributed by atoms with Gasteiger partial charge in [-0.05, 0) is 20.3 Å². The van der Waals surface area contributed by atoms with E-state index in [2.05, 4.69) is 17.2 Å². The first-order chi connectivity index (χ1) is 9.40. The average molecular weight is 422 g/mol. The van der Waals surface area contributed by atoms with E-state index in [1.54, 1.807) is 0 Å². The second-order valence-corrected chi connectivity index (χ2v) is 4.98. The van der Waals surface area contributed by atoms with Crippen LogP contribution in [-0.4, -0.2) is 67.2 Å². The molecular formula is C13H26F3IN4. The molecule has 1 N–H and O–H groups in total. The molecule has 126 valence electrons. The minimum absolute atomic E-state index is 0. The molecule has 1 aliphatic heterocycles. The van der Waals surface area contributed by atoms with Crippen LogP contribution in [0.1, 0.15) is 27.2 Å². The second kappa shape index (κ2) is 9.70. The van der Waals surface area contributed by atoms with Crippen molar-refractivity contribution in [1.82, 2.24) is 15.1 Å². The van der Waals surface area contributed by atoms with Crippen LogP contribution in [0.15, 0.2) is 4.99 Å². The molecule has 1 saturated heterocycles. The second-order valence-electron chi connectivity index (χ2n) is 4.98. The van der Waals surface area contributed by atoms with Crippen LogP contribution in [0.3, 0.4) is 0 Å². The zero-order valence-corrected chi connectivity index (χ0v) is 15.2. The number of nitrogens with zero attached hydrogens (tertiary/aromatic N) is 3. The predicted octanol–water partition coefficient (Wildman–Crippen LogP) is 2.55. The first-order valence-corrected chi connectivity index (χ1v) is 7.24. The molecule has 21 heavy (non-hydrogen) atoms. The van der Waals surface area contributed by atoms with Crippen molar-refractivity contribution < 1.29 is 13.2 Å². The third kappa shape index (κ3) is 6.58. The van der Waals surface area contributed by atoms with Gasteiger partial charge < -0.3 is 10.2 Å². The molecule has 0 aromatic carbocycles. The number of aliphatic imine (C=N–C) groups is 1. The van der Waals surface area contributed by atoms with Gasteiger partial charge in [0.25, 0.3) is 0 Å². The maximum absolute atomic E-state index is 12.7. The lowest BCUT2D eigenvalue weighted by molar-refractivity contribution is -0.181. The Labute approximate surface area is 142 Å². The summed E-state index contributed by atoms with van der Waals surface area (Å²) in [7, 11) is 0. The minimum atomic E-state index is -4.15. The van der Waals surface area contributed by atoms with E-state index in [4.69, 9.17) is 0 Å². The highest BCUT2D eigenvalue weighted by Crippen LogP contribution is 2.25. The van der Waals surface area contributed by atoms with Crippen molar-refractivity contribution in [1.29, 1.82) is 0 Å². The Balaban J connectivity index is 0.00000400. The van der Waals surface area contributed by atoms with Crippen molar-refractivity contribution in [2.75, 3.05) is 39.3 Å². The molecule has 1 heterocycles. The molecule has 1 fully saturated rings. The highest BCUT2D eigenvalue weighted by atomic mass is 127. The number of guanidine groups is 1. The minimum Gasteiger partial charge on any atom is -0.357 e. The number of piperazine rings is 1. The number of hydrogen-bond acceptors (Lipinski definition) is 2. The molecule has 0 aromatic heterocycles. The smallest absolute Gasteiger partial charge is 0.357 e. The molecule has 0 radical (unpaired) electrons. The van der Waals surface area contributed by atoms with Crippen molar-refractivity contribution in [3.8, 4) is 0 Å². The molecule has 4 nitrogen and oxygen atoms in total. The van der Waals surface area contributed by atoms with Gasteiger partial charge in [0.1, 0.15) is 6.04 Å². The molecule has 1 aliphatic rings. The van der Waals surface area contributed by atoms with Gasteiger partial charge in [0.15, 0.2) is 5.96 Å². The monoisotopic (exact) mass is 422 g/mol. The van der Waals surface area contributed by atoms with Crippen molar-refractivity contribution in [3.63, 3.8) is 0 Å². The number of halogens is 4. The van der Waals surface area contributed by atoms with E-state index >= 15 is 0 Å². The maximum atomic E-state index is 12.7. The molecule has 1 atom stereocenters. The molecule has 0 saturated carbocycles. The van der Waals surface area contributed by atoms with Crippen LogP contribution in [-0.2, 0) is 0 Å². The predicted molar refractivity (Wildman–Crippen MR) is 90.3 cm³/mol. The Morgan fingerprint density at radius 2 is 1.76 bits per heavy atom. The third-order valence-corrected chi connectivity index (χ3v) is 3.46. The normalized spacial score (nSPS) is 19.1. The van der Waals surface area contributed by atoms with Crippen LogP contribution in [0.5, 0.6) is 0 Å². The molecule has 0 amide bonds. The van der Waals surface area contributed by atoms with Crippen LogP contribution in [0, 0.1) is 0 Å². The summed E-state index contributed by atoms with van der Waals surface area (Å²) in [6.07, 6.45) is -3.19. The Bertz CT molecular complexity index is 315. The lowest BCUT2D eigenvalue weighted by atomic mass is 10.2. The Morgan fingerprint density at radius 1 is 1.19 bits per heavy atom. The van der Waals surface area contributed by atoms with Gasteiger partial charge in [0.05, 0.1) is 0 Å². The van der Waals surface area contributed by atoms with Gasteiger partial charge in [0, 0.05) is 39.3 Å². The summed E-state index contributed by atoms with van der Waals surface area (Å²) in [4.78, 5) is 7.99. The van der Waals surface area contributed by atoms with Gasteiger partial charge in [-0.2, -0.15) is 13.2 Å². The molecule has 0 spiro atoms. The number of nitrogens with one attached hydrogen (secondary N) is 1. The zero-order chi connectivity index (χ0) is 15.2. The van der Waals surface area contributed by atoms with E-state index < -0.39 is 12.2 Å². The van der Waals surface area contributed by atoms with E-state index in [-0.39, 0.29) is 24.0 Å². The fraction of sp³-hybridized carbons (Fsp3) is 0.923. The van der Waals surface area contributed by atoms with E-state index in [9.17, 15) is 13.2 Å². The van der Waals surface area contributed by atoms with Crippen LogP contribution >= 0.6 is 24.0 Å². The summed E-state index contributed by atoms with van der Waals surface area (Å²) < 4.78 is 38.1. The SMILES string of the molecule is CCCN=C(NCC)N1CCN(C(C)C(F)(F)F)CC1.I. The molecular weight excluding hydrogens is 396 g/mol. The zero-order valence-electron chi connectivity index (χ0n) is 12.9. The quantitative estimate of drug-likeness (QED) is 0.429. The lowest BCUT2D eigenvalue weighted by Gasteiger charge is -2.39. The van der Waals surface area contributed by atoms with Crippen molar-refractivity contribution >= 4 is 29.9 Å². The molecule has 8 heteroatoms. The van der Waals surface area contributed by atoms with Crippen LogP contribution in [0.4, 0.5) is 13.2 Å². The number of alkyl halides is 3. The van der Waals surface area contributed by atoms with Crippen LogP contribution < -0.4 is 5.32 Å². The van der Waals surface area contributed by atoms with Gasteiger partial charge in [-0.15, -0.1) is 24.0 Å². The first-order valence-electron chi connectivity index (χ1n) is 7.24. The average Bonchev–Trinajstić information content (AvgIpc) is 2.42. The fourth-order valence-corrected chi connectivity index (χ4v) is 2.17. The molecule has 1 unspecified atom stereocenters. The largest absolute Gasteiger partial charge is 0.403 e.